The van der Waals surface area contributed by atoms with Gasteiger partial charge >= 0.3 is 0 Å². The number of rotatable bonds is 5. The van der Waals surface area contributed by atoms with Crippen LogP contribution in [0.1, 0.15) is 13.3 Å². The van der Waals surface area contributed by atoms with E-state index in [1.807, 2.05) is 23.6 Å². The van der Waals surface area contributed by atoms with Crippen LogP contribution in [-0.4, -0.2) is 29.9 Å². The van der Waals surface area contributed by atoms with Crippen molar-refractivity contribution in [2.75, 3.05) is 23.4 Å². The van der Waals surface area contributed by atoms with E-state index in [1.54, 1.807) is 17.9 Å². The van der Waals surface area contributed by atoms with E-state index in [9.17, 15) is 9.59 Å². The molecule has 2 aromatic rings. The Kier molecular flexibility index (Phi) is 4.61. The second-order valence-electron chi connectivity index (χ2n) is 5.20. The van der Waals surface area contributed by atoms with E-state index in [2.05, 4.69) is 16.9 Å². The molecule has 0 unspecified atom stereocenters. The minimum Gasteiger partial charge on any atom is -0.482 e. The topological polar surface area (TPSA) is 71.5 Å². The Morgan fingerprint density at radius 3 is 3.12 bits per heavy atom. The maximum Gasteiger partial charge on any atom is 0.265 e. The summed E-state index contributed by atoms with van der Waals surface area (Å²) in [5.41, 5.74) is 2.30. The number of thiazole rings is 1. The molecule has 0 bridgehead atoms. The van der Waals surface area contributed by atoms with Crippen LogP contribution in [0.4, 0.5) is 10.8 Å². The number of nitrogens with zero attached hydrogens (tertiary/aromatic N) is 2. The molecule has 124 valence electrons. The van der Waals surface area contributed by atoms with E-state index in [0.717, 1.165) is 11.3 Å². The second-order valence-corrected chi connectivity index (χ2v) is 6.06. The van der Waals surface area contributed by atoms with Crippen LogP contribution in [0, 0.1) is 0 Å². The van der Waals surface area contributed by atoms with Gasteiger partial charge in [-0.25, -0.2) is 4.98 Å². The average Bonchev–Trinajstić information content (AvgIpc) is 3.05. The van der Waals surface area contributed by atoms with Gasteiger partial charge in [0, 0.05) is 23.9 Å². The fourth-order valence-corrected chi connectivity index (χ4v) is 3.10. The molecule has 0 fully saturated rings. The quantitative estimate of drug-likeness (QED) is 0.847. The zero-order chi connectivity index (χ0) is 17.1. The molecule has 0 radical (unpaired) electrons. The first kappa shape index (κ1) is 16.2. The molecule has 0 spiro atoms. The van der Waals surface area contributed by atoms with E-state index in [4.69, 9.17) is 4.74 Å². The number of hydrogen-bond donors (Lipinski definition) is 1. The highest BCUT2D eigenvalue weighted by molar-refractivity contribution is 7.14. The first-order valence-corrected chi connectivity index (χ1v) is 8.44. The summed E-state index contributed by atoms with van der Waals surface area (Å²) in [6.07, 6.45) is 2.09. The molecule has 24 heavy (non-hydrogen) atoms. The van der Waals surface area contributed by atoms with Crippen LogP contribution < -0.4 is 15.0 Å². The minimum atomic E-state index is -0.103. The fraction of sp³-hybridized carbons (Fsp3) is 0.235. The summed E-state index contributed by atoms with van der Waals surface area (Å²) in [4.78, 5) is 29.6. The van der Waals surface area contributed by atoms with E-state index >= 15 is 0 Å². The predicted octanol–water partition coefficient (Wildman–Crippen LogP) is 3.07. The van der Waals surface area contributed by atoms with Crippen LogP contribution in [0.5, 0.6) is 5.75 Å². The molecule has 2 heterocycles. The molecule has 1 N–H and O–H groups in total. The third-order valence-corrected chi connectivity index (χ3v) is 4.34. The number of hydrogen-bond acceptors (Lipinski definition) is 5. The van der Waals surface area contributed by atoms with Crippen LogP contribution in [-0.2, 0) is 9.59 Å². The van der Waals surface area contributed by atoms with E-state index in [0.29, 0.717) is 29.5 Å². The molecule has 3 rings (SSSR count). The molecule has 0 atom stereocenters. The lowest BCUT2D eigenvalue weighted by molar-refractivity contribution is -0.121. The number of anilines is 2. The number of carbonyl (C=O) groups excluding carboxylic acids is 2. The molecule has 7 heteroatoms. The highest BCUT2D eigenvalue weighted by Gasteiger charge is 2.25. The van der Waals surface area contributed by atoms with Crippen molar-refractivity contribution < 1.29 is 14.3 Å². The van der Waals surface area contributed by atoms with Gasteiger partial charge in [-0.3, -0.25) is 9.59 Å². The van der Waals surface area contributed by atoms with Gasteiger partial charge in [0.2, 0.25) is 5.91 Å². The summed E-state index contributed by atoms with van der Waals surface area (Å²) in [5.74, 6) is 0.487. The number of ether oxygens (including phenoxy) is 1. The largest absolute Gasteiger partial charge is 0.482 e. The normalized spacial score (nSPS) is 13.2. The number of amides is 2. The molecule has 1 aliphatic heterocycles. The number of fused-ring (bicyclic) bond motifs is 1. The van der Waals surface area contributed by atoms with Crippen molar-refractivity contribution in [1.29, 1.82) is 0 Å². The maximum absolute atomic E-state index is 12.0. The molecule has 1 aromatic heterocycles. The Balaban J connectivity index is 1.92. The Bertz CT molecular complexity index is 800. The molecular weight excluding hydrogens is 326 g/mol. The van der Waals surface area contributed by atoms with Gasteiger partial charge in [-0.15, -0.1) is 17.9 Å². The van der Waals surface area contributed by atoms with Gasteiger partial charge in [-0.1, -0.05) is 13.0 Å². The number of benzene rings is 1. The number of aromatic nitrogens is 1. The van der Waals surface area contributed by atoms with Crippen molar-refractivity contribution in [1.82, 2.24) is 4.98 Å². The van der Waals surface area contributed by atoms with Gasteiger partial charge in [0.05, 0.1) is 11.4 Å². The summed E-state index contributed by atoms with van der Waals surface area (Å²) >= 11 is 1.37. The lowest BCUT2D eigenvalue weighted by atomic mass is 10.1. The second kappa shape index (κ2) is 6.84. The molecule has 0 saturated heterocycles. The third-order valence-electron chi connectivity index (χ3n) is 3.58. The molecule has 1 aromatic carbocycles. The van der Waals surface area contributed by atoms with Crippen LogP contribution in [0.25, 0.3) is 11.3 Å². The molecule has 6 nitrogen and oxygen atoms in total. The molecule has 0 saturated carbocycles. The SMILES string of the molecule is C=CCN1C(=O)COc2ccc(-c3csc(NC(=O)CC)n3)cc21. The lowest BCUT2D eigenvalue weighted by Crippen LogP contribution is -2.38. The third kappa shape index (κ3) is 3.16. The van der Waals surface area contributed by atoms with Crippen LogP contribution in [0.3, 0.4) is 0 Å². The first-order valence-electron chi connectivity index (χ1n) is 7.56. The minimum absolute atomic E-state index is 0.0318. The Morgan fingerprint density at radius 1 is 1.54 bits per heavy atom. The smallest absolute Gasteiger partial charge is 0.265 e. The Labute approximate surface area is 143 Å². The summed E-state index contributed by atoms with van der Waals surface area (Å²) in [5, 5.41) is 5.18. The number of nitrogens with one attached hydrogen (secondary N) is 1. The zero-order valence-electron chi connectivity index (χ0n) is 13.2. The van der Waals surface area contributed by atoms with Gasteiger partial charge in [-0.2, -0.15) is 0 Å². The summed E-state index contributed by atoms with van der Waals surface area (Å²) in [6.45, 7) is 5.94. The summed E-state index contributed by atoms with van der Waals surface area (Å²) < 4.78 is 5.48. The first-order chi connectivity index (χ1) is 11.6. The molecule has 2 amide bonds. The number of carbonyl (C=O) groups is 2. The highest BCUT2D eigenvalue weighted by Crippen LogP contribution is 2.36. The van der Waals surface area contributed by atoms with Crippen molar-refractivity contribution in [3.8, 4) is 17.0 Å². The van der Waals surface area contributed by atoms with Crippen molar-refractivity contribution >= 4 is 34.0 Å². The standard InChI is InChI=1S/C17H17N3O3S/c1-3-7-20-13-8-11(5-6-14(13)23-9-16(20)22)12-10-24-17(18-12)19-15(21)4-2/h3,5-6,8,10H,1,4,7,9H2,2H3,(H,18,19,21). The van der Waals surface area contributed by atoms with Gasteiger partial charge < -0.3 is 15.0 Å². The zero-order valence-corrected chi connectivity index (χ0v) is 14.1. The highest BCUT2D eigenvalue weighted by atomic mass is 32.1. The maximum atomic E-state index is 12.0. The summed E-state index contributed by atoms with van der Waals surface area (Å²) in [7, 11) is 0. The van der Waals surface area contributed by atoms with E-state index in [-0.39, 0.29) is 18.4 Å². The van der Waals surface area contributed by atoms with Crippen LogP contribution in [0.2, 0.25) is 0 Å². The monoisotopic (exact) mass is 343 g/mol. The van der Waals surface area contributed by atoms with Gasteiger partial charge in [0.25, 0.3) is 5.91 Å². The molecule has 1 aliphatic rings. The van der Waals surface area contributed by atoms with Crippen molar-refractivity contribution in [2.24, 2.45) is 0 Å². The van der Waals surface area contributed by atoms with E-state index in [1.165, 1.54) is 11.3 Å². The van der Waals surface area contributed by atoms with Gasteiger partial charge in [-0.05, 0) is 18.2 Å². The van der Waals surface area contributed by atoms with Crippen molar-refractivity contribution in [2.45, 2.75) is 13.3 Å². The van der Waals surface area contributed by atoms with Crippen LogP contribution in [0.15, 0.2) is 36.2 Å². The molecular formula is C17H17N3O3S. The van der Waals surface area contributed by atoms with Crippen molar-refractivity contribution in [3.05, 3.63) is 36.2 Å². The summed E-state index contributed by atoms with van der Waals surface area (Å²) in [6, 6.07) is 5.59. The van der Waals surface area contributed by atoms with E-state index < -0.39 is 0 Å². The molecule has 0 aliphatic carbocycles. The Hall–Kier alpha value is -2.67. The van der Waals surface area contributed by atoms with Gasteiger partial charge in [0.15, 0.2) is 11.7 Å². The predicted molar refractivity (Wildman–Crippen MR) is 94.5 cm³/mol. The van der Waals surface area contributed by atoms with Gasteiger partial charge in [0.1, 0.15) is 5.75 Å². The lowest BCUT2D eigenvalue weighted by Gasteiger charge is -2.28. The van der Waals surface area contributed by atoms with Crippen LogP contribution >= 0.6 is 11.3 Å². The fourth-order valence-electron chi connectivity index (χ4n) is 2.36. The van der Waals surface area contributed by atoms with Crippen molar-refractivity contribution in [3.63, 3.8) is 0 Å². The Morgan fingerprint density at radius 2 is 2.38 bits per heavy atom. The average molecular weight is 343 g/mol.